The first kappa shape index (κ1) is 24.1. The second-order valence-corrected chi connectivity index (χ2v) is 12.2. The Kier molecular flexibility index (Phi) is 4.95. The van der Waals surface area contributed by atoms with Gasteiger partial charge < -0.3 is 0 Å². The quantitative estimate of drug-likeness (QED) is 0.250. The molecule has 0 bridgehead atoms. The van der Waals surface area contributed by atoms with Gasteiger partial charge in [0.2, 0.25) is 0 Å². The van der Waals surface area contributed by atoms with E-state index in [0.717, 1.165) is 41.8 Å². The second kappa shape index (κ2) is 9.05. The maximum atomic E-state index is 5.31. The average molecular weight is 562 g/mol. The first-order valence-electron chi connectivity index (χ1n) is 15.5. The summed E-state index contributed by atoms with van der Waals surface area (Å²) in [5, 5.41) is 2.56. The van der Waals surface area contributed by atoms with Crippen molar-refractivity contribution in [2.45, 2.75) is 19.3 Å². The molecule has 3 nitrogen and oxygen atoms in total. The summed E-state index contributed by atoms with van der Waals surface area (Å²) in [5.74, 6) is 2.41. The lowest BCUT2D eigenvalue weighted by Crippen LogP contribution is -2.22. The van der Waals surface area contributed by atoms with Crippen LogP contribution in [-0.2, 0) is 6.42 Å². The number of hydrogen-bond acceptors (Lipinski definition) is 3. The number of nitrogens with zero attached hydrogens (tertiary/aromatic N) is 3. The van der Waals surface area contributed by atoms with Crippen molar-refractivity contribution >= 4 is 28.0 Å². The van der Waals surface area contributed by atoms with Crippen LogP contribution in [0.3, 0.4) is 0 Å². The molecule has 1 atom stereocenters. The minimum Gasteiger partial charge on any atom is -0.208 e. The Hall–Kier alpha value is -5.41. The molecule has 10 rings (SSSR count). The van der Waals surface area contributed by atoms with Crippen LogP contribution < -0.4 is 0 Å². The molecule has 1 heterocycles. The molecule has 0 amide bonds. The average Bonchev–Trinajstić information content (AvgIpc) is 3.09. The van der Waals surface area contributed by atoms with E-state index in [1.165, 1.54) is 60.9 Å². The Morgan fingerprint density at radius 2 is 1.52 bits per heavy atom. The van der Waals surface area contributed by atoms with Crippen LogP contribution in [0.2, 0.25) is 0 Å². The molecule has 0 fully saturated rings. The van der Waals surface area contributed by atoms with Gasteiger partial charge in [-0.3, -0.25) is 0 Å². The van der Waals surface area contributed by atoms with Crippen LogP contribution in [0.15, 0.2) is 143 Å². The normalized spacial score (nSPS) is 20.1. The highest BCUT2D eigenvalue weighted by Gasteiger charge is 2.36. The van der Waals surface area contributed by atoms with Crippen LogP contribution in [0, 0.1) is 5.92 Å². The summed E-state index contributed by atoms with van der Waals surface area (Å²) in [7, 11) is 0. The third kappa shape index (κ3) is 3.41. The minimum atomic E-state index is 0.281. The fraction of sp³-hybridized carbons (Fsp3) is 0.0976. The molecule has 6 aliphatic rings. The smallest absolute Gasteiger partial charge is 0.164 e. The summed E-state index contributed by atoms with van der Waals surface area (Å²) in [4.78, 5) is 15.6. The van der Waals surface area contributed by atoms with Crippen LogP contribution in [-0.4, -0.2) is 15.0 Å². The van der Waals surface area contributed by atoms with E-state index in [-0.39, 0.29) is 5.92 Å². The predicted octanol–water partition coefficient (Wildman–Crippen LogP) is 9.35. The zero-order valence-electron chi connectivity index (χ0n) is 24.1. The maximum absolute atomic E-state index is 5.31. The van der Waals surface area contributed by atoms with E-state index in [0.29, 0.717) is 11.6 Å². The van der Waals surface area contributed by atoms with Gasteiger partial charge in [-0.1, -0.05) is 115 Å². The van der Waals surface area contributed by atoms with Crippen LogP contribution in [0.25, 0.3) is 50.8 Å². The molecule has 1 unspecified atom stereocenters. The topological polar surface area (TPSA) is 38.7 Å². The number of benzene rings is 3. The lowest BCUT2D eigenvalue weighted by Gasteiger charge is -2.36. The molecule has 4 aromatic rings. The van der Waals surface area contributed by atoms with E-state index >= 15 is 0 Å². The molecule has 0 saturated carbocycles. The van der Waals surface area contributed by atoms with E-state index in [4.69, 9.17) is 15.0 Å². The molecule has 3 heteroatoms. The van der Waals surface area contributed by atoms with Crippen molar-refractivity contribution in [2.75, 3.05) is 0 Å². The zero-order valence-corrected chi connectivity index (χ0v) is 24.1. The van der Waals surface area contributed by atoms with E-state index in [1.54, 1.807) is 0 Å². The lowest BCUT2D eigenvalue weighted by molar-refractivity contribution is 0.832. The van der Waals surface area contributed by atoms with E-state index < -0.39 is 0 Å². The van der Waals surface area contributed by atoms with Gasteiger partial charge in [0.25, 0.3) is 0 Å². The first-order valence-corrected chi connectivity index (χ1v) is 15.5. The van der Waals surface area contributed by atoms with Crippen molar-refractivity contribution in [3.63, 3.8) is 0 Å². The van der Waals surface area contributed by atoms with Gasteiger partial charge in [0.1, 0.15) is 0 Å². The Bertz CT molecular complexity index is 2280. The Morgan fingerprint density at radius 3 is 2.48 bits per heavy atom. The van der Waals surface area contributed by atoms with Gasteiger partial charge in [-0.2, -0.15) is 0 Å². The van der Waals surface area contributed by atoms with Gasteiger partial charge in [0.05, 0.1) is 0 Å². The van der Waals surface area contributed by atoms with Gasteiger partial charge in [0.15, 0.2) is 17.5 Å². The summed E-state index contributed by atoms with van der Waals surface area (Å²) in [6.45, 7) is 0. The molecular formula is C41H27N3. The van der Waals surface area contributed by atoms with Gasteiger partial charge in [-0.25, -0.2) is 15.0 Å². The third-order valence-electron chi connectivity index (χ3n) is 9.84. The molecule has 3 aromatic carbocycles. The van der Waals surface area contributed by atoms with Crippen molar-refractivity contribution in [3.8, 4) is 22.8 Å². The van der Waals surface area contributed by atoms with Crippen molar-refractivity contribution in [3.05, 3.63) is 166 Å². The molecule has 0 N–H and O–H groups in total. The van der Waals surface area contributed by atoms with Crippen molar-refractivity contribution in [1.82, 2.24) is 15.0 Å². The highest BCUT2D eigenvalue weighted by molar-refractivity contribution is 6.07. The van der Waals surface area contributed by atoms with Crippen molar-refractivity contribution < 1.29 is 0 Å². The summed E-state index contributed by atoms with van der Waals surface area (Å²) in [6.07, 6.45) is 28.0. The molecule has 0 radical (unpaired) electrons. The van der Waals surface area contributed by atoms with Crippen LogP contribution >= 0.6 is 0 Å². The summed E-state index contributed by atoms with van der Waals surface area (Å²) in [6, 6.07) is 19.3. The second-order valence-electron chi connectivity index (χ2n) is 12.2. The molecule has 0 saturated heterocycles. The highest BCUT2D eigenvalue weighted by atomic mass is 15.0. The Labute approximate surface area is 256 Å². The van der Waals surface area contributed by atoms with Crippen molar-refractivity contribution in [1.29, 1.82) is 0 Å². The fourth-order valence-corrected chi connectivity index (χ4v) is 7.86. The first-order chi connectivity index (χ1) is 21.8. The molecule has 206 valence electrons. The molecule has 0 aliphatic heterocycles. The van der Waals surface area contributed by atoms with E-state index in [1.807, 2.05) is 18.2 Å². The molecule has 6 aliphatic carbocycles. The Morgan fingerprint density at radius 1 is 0.659 bits per heavy atom. The van der Waals surface area contributed by atoms with Crippen LogP contribution in [0.1, 0.15) is 35.4 Å². The number of rotatable bonds is 3. The third-order valence-corrected chi connectivity index (χ3v) is 9.84. The predicted molar refractivity (Wildman–Crippen MR) is 179 cm³/mol. The molecule has 44 heavy (non-hydrogen) atoms. The Balaban J connectivity index is 1.23. The highest BCUT2D eigenvalue weighted by Crippen LogP contribution is 2.50. The molecule has 0 spiro atoms. The fourth-order valence-electron chi connectivity index (χ4n) is 7.86. The number of allylic oxidation sites excluding steroid dienone is 17. The lowest BCUT2D eigenvalue weighted by atomic mass is 9.67. The SMILES string of the molecule is C1=CC2=CC=C3CC=CC4=C3C2C(=C1)C=C4c1nc(-c2ccccc2)nc(-c2ccc3c4c5c(ccc24)C=CCC5=CC3)n1. The van der Waals surface area contributed by atoms with Gasteiger partial charge in [-0.15, -0.1) is 0 Å². The summed E-state index contributed by atoms with van der Waals surface area (Å²) >= 11 is 0. The monoisotopic (exact) mass is 561 g/mol. The number of aromatic nitrogens is 3. The van der Waals surface area contributed by atoms with Crippen LogP contribution in [0.4, 0.5) is 0 Å². The number of hydrogen-bond donors (Lipinski definition) is 0. The van der Waals surface area contributed by atoms with E-state index in [2.05, 4.69) is 103 Å². The largest absolute Gasteiger partial charge is 0.208 e. The molecular weight excluding hydrogens is 534 g/mol. The minimum absolute atomic E-state index is 0.281. The van der Waals surface area contributed by atoms with Gasteiger partial charge >= 0.3 is 0 Å². The molecule has 1 aromatic heterocycles. The van der Waals surface area contributed by atoms with Gasteiger partial charge in [-0.05, 0) is 86.2 Å². The van der Waals surface area contributed by atoms with Gasteiger partial charge in [0, 0.05) is 22.6 Å². The standard InChI is InChI=1S/C41H27N3/c1-2-7-29(8-3-1)39-42-40(33-22-20-28-18-16-24-9-4-10-26-19-21-32(33)38(28)35(24)26)44-41(43-39)34-23-30-13-5-11-25-15-17-27-12-6-14-31(34)37(27)36(25)30/h1-8,10-11,13-17,19-23,36H,9,12,18H2. The maximum Gasteiger partial charge on any atom is 0.164 e. The van der Waals surface area contributed by atoms with Crippen molar-refractivity contribution in [2.24, 2.45) is 5.92 Å². The zero-order chi connectivity index (χ0) is 28.8. The van der Waals surface area contributed by atoms with E-state index in [9.17, 15) is 0 Å². The summed E-state index contributed by atoms with van der Waals surface area (Å²) in [5.41, 5.74) is 15.3. The summed E-state index contributed by atoms with van der Waals surface area (Å²) < 4.78 is 0. The van der Waals surface area contributed by atoms with Crippen LogP contribution in [0.5, 0.6) is 0 Å².